The number of nitrogens with zero attached hydrogens (tertiary/aromatic N) is 3. The molecule has 38 heavy (non-hydrogen) atoms. The van der Waals surface area contributed by atoms with Crippen LogP contribution >= 0.6 is 0 Å². The molecule has 0 aliphatic rings. The lowest BCUT2D eigenvalue weighted by Gasteiger charge is -2.08. The maximum absolute atomic E-state index is 13.6. The van der Waals surface area contributed by atoms with Crippen LogP contribution in [0.15, 0.2) is 109 Å². The fourth-order valence-corrected chi connectivity index (χ4v) is 3.87. The molecule has 0 unspecified atom stereocenters. The number of carbonyl (C=O) groups excluding carboxylic acids is 1. The van der Waals surface area contributed by atoms with Crippen molar-refractivity contribution < 1.29 is 18.8 Å². The molecule has 5 aromatic rings. The third kappa shape index (κ3) is 5.41. The number of amides is 1. The zero-order valence-corrected chi connectivity index (χ0v) is 20.0. The first kappa shape index (κ1) is 24.4. The highest BCUT2D eigenvalue weighted by atomic mass is 19.1. The number of rotatable bonds is 8. The predicted octanol–water partition coefficient (Wildman–Crippen LogP) is 6.42. The smallest absolute Gasteiger partial charge is 0.294 e. The molecule has 5 rings (SSSR count). The Kier molecular flexibility index (Phi) is 6.90. The van der Waals surface area contributed by atoms with Crippen molar-refractivity contribution >= 4 is 17.3 Å². The standard InChI is InChI=1S/C29H21FN4O4/c30-22-12-10-21(11-13-22)28-18-25(32-33(28)26-8-4-5-9-27(26)34(36)37)29(35)31-23-14-16-24(17-15-23)38-19-20-6-2-1-3-7-20/h1-18H,19H2,(H,31,35). The zero-order chi connectivity index (χ0) is 26.5. The Bertz CT molecular complexity index is 1580. The number of nitrogens with one attached hydrogen (secondary N) is 1. The molecular weight excluding hydrogens is 487 g/mol. The second kappa shape index (κ2) is 10.8. The van der Waals surface area contributed by atoms with Crippen molar-refractivity contribution in [2.45, 2.75) is 6.61 Å². The fraction of sp³-hybridized carbons (Fsp3) is 0.0345. The SMILES string of the molecule is O=C(Nc1ccc(OCc2ccccc2)cc1)c1cc(-c2ccc(F)cc2)n(-c2ccccc2[N+](=O)[O-])n1. The molecule has 0 spiro atoms. The first-order valence-corrected chi connectivity index (χ1v) is 11.7. The van der Waals surface area contributed by atoms with E-state index in [0.717, 1.165) is 5.56 Å². The summed E-state index contributed by atoms with van der Waals surface area (Å²) in [4.78, 5) is 24.2. The van der Waals surface area contributed by atoms with Crippen LogP contribution in [0.25, 0.3) is 16.9 Å². The van der Waals surface area contributed by atoms with Crippen LogP contribution in [0.5, 0.6) is 5.75 Å². The lowest BCUT2D eigenvalue weighted by Crippen LogP contribution is -2.13. The van der Waals surface area contributed by atoms with E-state index in [0.29, 0.717) is 29.3 Å². The number of carbonyl (C=O) groups is 1. The van der Waals surface area contributed by atoms with Crippen LogP contribution in [0.2, 0.25) is 0 Å². The number of hydrogen-bond acceptors (Lipinski definition) is 5. The maximum Gasteiger partial charge on any atom is 0.294 e. The summed E-state index contributed by atoms with van der Waals surface area (Å²) in [5.41, 5.74) is 2.52. The summed E-state index contributed by atoms with van der Waals surface area (Å²) in [6.07, 6.45) is 0. The number of nitro benzene ring substituents is 1. The van der Waals surface area contributed by atoms with Crippen molar-refractivity contribution in [2.75, 3.05) is 5.32 Å². The van der Waals surface area contributed by atoms with Gasteiger partial charge in [-0.25, -0.2) is 9.07 Å². The van der Waals surface area contributed by atoms with E-state index < -0.39 is 16.6 Å². The van der Waals surface area contributed by atoms with Crippen LogP contribution < -0.4 is 10.1 Å². The minimum atomic E-state index is -0.521. The van der Waals surface area contributed by atoms with Gasteiger partial charge in [-0.3, -0.25) is 14.9 Å². The van der Waals surface area contributed by atoms with E-state index in [-0.39, 0.29) is 17.1 Å². The Labute approximate surface area is 217 Å². The summed E-state index contributed by atoms with van der Waals surface area (Å²) in [6.45, 7) is 0.418. The largest absolute Gasteiger partial charge is 0.489 e. The molecule has 1 amide bonds. The van der Waals surface area contributed by atoms with Crippen molar-refractivity contribution in [3.63, 3.8) is 0 Å². The molecule has 0 atom stereocenters. The van der Waals surface area contributed by atoms with Crippen molar-refractivity contribution in [1.82, 2.24) is 9.78 Å². The Morgan fingerprint density at radius 1 is 0.921 bits per heavy atom. The predicted molar refractivity (Wildman–Crippen MR) is 141 cm³/mol. The Balaban J connectivity index is 1.40. The minimum absolute atomic E-state index is 0.0341. The first-order valence-electron chi connectivity index (χ1n) is 11.7. The van der Waals surface area contributed by atoms with Crippen LogP contribution in [-0.2, 0) is 6.61 Å². The molecule has 4 aromatic carbocycles. The molecule has 0 radical (unpaired) electrons. The van der Waals surface area contributed by atoms with Crippen molar-refractivity contribution in [1.29, 1.82) is 0 Å². The van der Waals surface area contributed by atoms with Crippen LogP contribution in [0.1, 0.15) is 16.1 Å². The lowest BCUT2D eigenvalue weighted by atomic mass is 10.1. The van der Waals surface area contributed by atoms with Gasteiger partial charge in [-0.1, -0.05) is 42.5 Å². The van der Waals surface area contributed by atoms with E-state index >= 15 is 0 Å². The summed E-state index contributed by atoms with van der Waals surface area (Å²) in [5, 5.41) is 18.8. The van der Waals surface area contributed by atoms with Crippen molar-refractivity contribution in [2.24, 2.45) is 0 Å². The van der Waals surface area contributed by atoms with Gasteiger partial charge in [0, 0.05) is 17.3 Å². The number of ether oxygens (including phenoxy) is 1. The molecule has 0 bridgehead atoms. The van der Waals surface area contributed by atoms with E-state index in [1.165, 1.54) is 47.1 Å². The van der Waals surface area contributed by atoms with Crippen LogP contribution in [0.3, 0.4) is 0 Å². The third-order valence-electron chi connectivity index (χ3n) is 5.75. The zero-order valence-electron chi connectivity index (χ0n) is 20.0. The van der Waals surface area contributed by atoms with Gasteiger partial charge in [0.05, 0.1) is 10.6 Å². The number of para-hydroxylation sites is 2. The molecule has 188 valence electrons. The second-order valence-electron chi connectivity index (χ2n) is 8.33. The summed E-state index contributed by atoms with van der Waals surface area (Å²) in [5.74, 6) is -0.297. The molecular formula is C29H21FN4O4. The quantitative estimate of drug-likeness (QED) is 0.193. The number of aromatic nitrogens is 2. The van der Waals surface area contributed by atoms with Crippen LogP contribution in [0, 0.1) is 15.9 Å². The van der Waals surface area contributed by atoms with Gasteiger partial charge in [-0.05, 0) is 66.2 Å². The molecule has 9 heteroatoms. The van der Waals surface area contributed by atoms with Crippen LogP contribution in [-0.4, -0.2) is 20.6 Å². The molecule has 0 saturated heterocycles. The molecule has 0 fully saturated rings. The number of hydrogen-bond donors (Lipinski definition) is 1. The number of nitro groups is 1. The summed E-state index contributed by atoms with van der Waals surface area (Å²) >= 11 is 0. The van der Waals surface area contributed by atoms with Gasteiger partial charge in [-0.2, -0.15) is 5.10 Å². The average Bonchev–Trinajstić information content (AvgIpc) is 3.39. The normalized spacial score (nSPS) is 10.7. The Morgan fingerprint density at radius 2 is 1.61 bits per heavy atom. The molecule has 0 aliphatic carbocycles. The molecule has 8 nitrogen and oxygen atoms in total. The highest BCUT2D eigenvalue weighted by Gasteiger charge is 2.22. The van der Waals surface area contributed by atoms with E-state index in [4.69, 9.17) is 4.74 Å². The summed E-state index contributed by atoms with van der Waals surface area (Å²) in [7, 11) is 0. The number of benzene rings is 4. The highest BCUT2D eigenvalue weighted by Crippen LogP contribution is 2.29. The minimum Gasteiger partial charge on any atom is -0.489 e. The van der Waals surface area contributed by atoms with Gasteiger partial charge in [0.15, 0.2) is 5.69 Å². The van der Waals surface area contributed by atoms with E-state index in [1.54, 1.807) is 36.4 Å². The van der Waals surface area contributed by atoms with Crippen molar-refractivity contribution in [3.8, 4) is 22.7 Å². The molecule has 1 heterocycles. The lowest BCUT2D eigenvalue weighted by molar-refractivity contribution is -0.384. The van der Waals surface area contributed by atoms with Gasteiger partial charge < -0.3 is 10.1 Å². The second-order valence-corrected chi connectivity index (χ2v) is 8.33. The molecule has 0 saturated carbocycles. The van der Waals surface area contributed by atoms with Gasteiger partial charge in [0.25, 0.3) is 11.6 Å². The topological polar surface area (TPSA) is 99.3 Å². The van der Waals surface area contributed by atoms with E-state index in [9.17, 15) is 19.3 Å². The van der Waals surface area contributed by atoms with Gasteiger partial charge >= 0.3 is 0 Å². The van der Waals surface area contributed by atoms with Crippen LogP contribution in [0.4, 0.5) is 15.8 Å². The fourth-order valence-electron chi connectivity index (χ4n) is 3.87. The molecule has 1 N–H and O–H groups in total. The third-order valence-corrected chi connectivity index (χ3v) is 5.75. The highest BCUT2D eigenvalue weighted by molar-refractivity contribution is 6.03. The Morgan fingerprint density at radius 3 is 2.32 bits per heavy atom. The van der Waals surface area contributed by atoms with E-state index in [2.05, 4.69) is 10.4 Å². The Hall–Kier alpha value is -5.31. The summed E-state index contributed by atoms with van der Waals surface area (Å²) in [6, 6.07) is 29.8. The maximum atomic E-state index is 13.6. The first-order chi connectivity index (χ1) is 18.5. The molecule has 0 aliphatic heterocycles. The number of anilines is 1. The summed E-state index contributed by atoms with van der Waals surface area (Å²) < 4.78 is 20.7. The number of halogens is 1. The monoisotopic (exact) mass is 508 g/mol. The van der Waals surface area contributed by atoms with Crippen molar-refractivity contribution in [3.05, 3.63) is 136 Å². The average molecular weight is 509 g/mol. The van der Waals surface area contributed by atoms with Gasteiger partial charge in [0.1, 0.15) is 23.9 Å². The van der Waals surface area contributed by atoms with Gasteiger partial charge in [0.2, 0.25) is 0 Å². The van der Waals surface area contributed by atoms with E-state index in [1.807, 2.05) is 30.3 Å². The molecule has 1 aromatic heterocycles. The van der Waals surface area contributed by atoms with Gasteiger partial charge in [-0.15, -0.1) is 0 Å².